The minimum atomic E-state index is -4.57. The average molecular weight is 456 g/mol. The van der Waals surface area contributed by atoms with Crippen LogP contribution in [-0.2, 0) is 21.0 Å². The number of para-hydroxylation sites is 1. The Balaban J connectivity index is 1.59. The zero-order valence-corrected chi connectivity index (χ0v) is 18.1. The largest absolute Gasteiger partial charge is 0.418 e. The molecule has 2 aromatic carbocycles. The first-order valence-corrected chi connectivity index (χ1v) is 11.2. The van der Waals surface area contributed by atoms with Crippen molar-refractivity contribution in [3.8, 4) is 0 Å². The highest BCUT2D eigenvalue weighted by Crippen LogP contribution is 2.34. The molecule has 0 atom stereocenters. The van der Waals surface area contributed by atoms with Gasteiger partial charge in [-0.1, -0.05) is 18.2 Å². The minimum absolute atomic E-state index is 0.121. The van der Waals surface area contributed by atoms with Crippen molar-refractivity contribution in [2.45, 2.75) is 24.9 Å². The van der Waals surface area contributed by atoms with Crippen molar-refractivity contribution in [2.75, 3.05) is 38.0 Å². The molecular weight excluding hydrogens is 431 g/mol. The number of benzene rings is 2. The lowest BCUT2D eigenvalue weighted by Gasteiger charge is -2.33. The molecule has 1 aliphatic heterocycles. The summed E-state index contributed by atoms with van der Waals surface area (Å²) in [6.07, 6.45) is -4.57. The Kier molecular flexibility index (Phi) is 6.73. The molecule has 1 fully saturated rings. The van der Waals surface area contributed by atoms with E-state index in [0.717, 1.165) is 17.2 Å². The Morgan fingerprint density at radius 2 is 1.65 bits per heavy atom. The van der Waals surface area contributed by atoms with Crippen LogP contribution in [0.4, 0.5) is 18.9 Å². The molecule has 1 N–H and O–H groups in total. The van der Waals surface area contributed by atoms with Crippen LogP contribution in [0.2, 0.25) is 0 Å². The smallest absolute Gasteiger partial charge is 0.324 e. The van der Waals surface area contributed by atoms with Gasteiger partial charge >= 0.3 is 6.18 Å². The van der Waals surface area contributed by atoms with Gasteiger partial charge in [-0.2, -0.15) is 17.5 Å². The van der Waals surface area contributed by atoms with Crippen LogP contribution in [0.5, 0.6) is 0 Å². The summed E-state index contributed by atoms with van der Waals surface area (Å²) in [5.74, 6) is -0.581. The lowest BCUT2D eigenvalue weighted by Crippen LogP contribution is -2.50. The first-order chi connectivity index (χ1) is 14.5. The number of nitrogens with zero attached hydrogens (tertiary/aromatic N) is 2. The highest BCUT2D eigenvalue weighted by atomic mass is 32.2. The van der Waals surface area contributed by atoms with Gasteiger partial charge in [0.15, 0.2) is 0 Å². The van der Waals surface area contributed by atoms with E-state index in [2.05, 4.69) is 5.32 Å². The Labute approximate surface area is 179 Å². The fourth-order valence-corrected chi connectivity index (χ4v) is 4.89. The zero-order chi connectivity index (χ0) is 22.8. The minimum Gasteiger partial charge on any atom is -0.324 e. The summed E-state index contributed by atoms with van der Waals surface area (Å²) in [4.78, 5) is 14.2. The molecule has 1 heterocycles. The van der Waals surface area contributed by atoms with E-state index >= 15 is 0 Å². The Morgan fingerprint density at radius 1 is 1.00 bits per heavy atom. The van der Waals surface area contributed by atoms with Crippen LogP contribution in [0.15, 0.2) is 47.4 Å². The third kappa shape index (κ3) is 5.44. The van der Waals surface area contributed by atoms with Crippen molar-refractivity contribution < 1.29 is 26.4 Å². The molecule has 31 heavy (non-hydrogen) atoms. The van der Waals surface area contributed by atoms with E-state index in [1.165, 1.54) is 22.5 Å². The van der Waals surface area contributed by atoms with Crippen LogP contribution in [-0.4, -0.2) is 56.3 Å². The van der Waals surface area contributed by atoms with E-state index in [0.29, 0.717) is 13.1 Å². The molecule has 0 unspecified atom stereocenters. The summed E-state index contributed by atoms with van der Waals surface area (Å²) in [6, 6.07) is 9.77. The maximum atomic E-state index is 13.1. The predicted molar refractivity (Wildman–Crippen MR) is 111 cm³/mol. The molecule has 3 rings (SSSR count). The number of nitrogens with one attached hydrogen (secondary N) is 1. The van der Waals surface area contributed by atoms with Crippen LogP contribution in [0, 0.1) is 13.8 Å². The quantitative estimate of drug-likeness (QED) is 0.752. The number of hydrogen-bond donors (Lipinski definition) is 1. The summed E-state index contributed by atoms with van der Waals surface area (Å²) in [6.45, 7) is 4.63. The second kappa shape index (κ2) is 8.97. The van der Waals surface area contributed by atoms with Crippen molar-refractivity contribution >= 4 is 21.6 Å². The number of aryl methyl sites for hydroxylation is 2. The lowest BCUT2D eigenvalue weighted by atomic mass is 10.1. The lowest BCUT2D eigenvalue weighted by molar-refractivity contribution is -0.137. The van der Waals surface area contributed by atoms with Gasteiger partial charge in [0.1, 0.15) is 0 Å². The molecule has 6 nitrogen and oxygen atoms in total. The average Bonchev–Trinajstić information content (AvgIpc) is 2.70. The second-order valence-electron chi connectivity index (χ2n) is 7.52. The molecule has 0 radical (unpaired) electrons. The zero-order valence-electron chi connectivity index (χ0n) is 17.2. The highest BCUT2D eigenvalue weighted by Gasteiger charge is 2.34. The van der Waals surface area contributed by atoms with Gasteiger partial charge in [-0.05, 0) is 49.2 Å². The SMILES string of the molecule is Cc1ccc(S(=O)(=O)N2CCN(CC(=O)Nc3ccccc3C(F)(F)F)CC2)cc1C. The van der Waals surface area contributed by atoms with E-state index < -0.39 is 27.7 Å². The topological polar surface area (TPSA) is 69.7 Å². The molecule has 0 aliphatic carbocycles. The fraction of sp³-hybridized carbons (Fsp3) is 0.381. The standard InChI is InChI=1S/C21H24F3N3O3S/c1-15-7-8-17(13-16(15)2)31(29,30)27-11-9-26(10-12-27)14-20(28)25-19-6-4-3-5-18(19)21(22,23)24/h3-8,13H,9-12,14H2,1-2H3,(H,25,28). The summed E-state index contributed by atoms with van der Waals surface area (Å²) >= 11 is 0. The molecule has 168 valence electrons. The number of amides is 1. The molecule has 0 spiro atoms. The summed E-state index contributed by atoms with van der Waals surface area (Å²) in [7, 11) is -3.64. The van der Waals surface area contributed by atoms with Crippen molar-refractivity contribution in [1.82, 2.24) is 9.21 Å². The molecule has 0 saturated carbocycles. The van der Waals surface area contributed by atoms with E-state index in [-0.39, 0.29) is 30.2 Å². The molecule has 0 aromatic heterocycles. The van der Waals surface area contributed by atoms with Gasteiger partial charge in [0, 0.05) is 26.2 Å². The van der Waals surface area contributed by atoms with Crippen LogP contribution >= 0.6 is 0 Å². The fourth-order valence-electron chi connectivity index (χ4n) is 3.38. The summed E-state index contributed by atoms with van der Waals surface area (Å²) in [5.41, 5.74) is 0.681. The van der Waals surface area contributed by atoms with Gasteiger partial charge in [-0.3, -0.25) is 9.69 Å². The number of carbonyl (C=O) groups is 1. The van der Waals surface area contributed by atoms with E-state index in [1.54, 1.807) is 23.1 Å². The van der Waals surface area contributed by atoms with Crippen molar-refractivity contribution in [1.29, 1.82) is 0 Å². The number of sulfonamides is 1. The highest BCUT2D eigenvalue weighted by molar-refractivity contribution is 7.89. The first-order valence-electron chi connectivity index (χ1n) is 9.74. The predicted octanol–water partition coefficient (Wildman–Crippen LogP) is 3.27. The van der Waals surface area contributed by atoms with Crippen molar-refractivity contribution in [3.05, 3.63) is 59.2 Å². The Hall–Kier alpha value is -2.43. The van der Waals surface area contributed by atoms with Gasteiger partial charge in [0.2, 0.25) is 15.9 Å². The number of rotatable bonds is 5. The number of anilines is 1. The van der Waals surface area contributed by atoms with Gasteiger partial charge in [0.25, 0.3) is 0 Å². The maximum absolute atomic E-state index is 13.1. The van der Waals surface area contributed by atoms with Gasteiger partial charge in [-0.25, -0.2) is 8.42 Å². The summed E-state index contributed by atoms with van der Waals surface area (Å²) < 4.78 is 66.3. The maximum Gasteiger partial charge on any atom is 0.418 e. The Morgan fingerprint density at radius 3 is 2.26 bits per heavy atom. The second-order valence-corrected chi connectivity index (χ2v) is 9.46. The van der Waals surface area contributed by atoms with Crippen molar-refractivity contribution in [3.63, 3.8) is 0 Å². The molecule has 2 aromatic rings. The third-order valence-corrected chi connectivity index (χ3v) is 7.22. The number of alkyl halides is 3. The third-order valence-electron chi connectivity index (χ3n) is 5.32. The molecular formula is C21H24F3N3O3S. The van der Waals surface area contributed by atoms with E-state index in [4.69, 9.17) is 0 Å². The molecule has 0 bridgehead atoms. The number of halogens is 3. The van der Waals surface area contributed by atoms with Gasteiger partial charge in [-0.15, -0.1) is 0 Å². The van der Waals surface area contributed by atoms with Crippen molar-refractivity contribution in [2.24, 2.45) is 0 Å². The van der Waals surface area contributed by atoms with Crippen LogP contribution in [0.25, 0.3) is 0 Å². The van der Waals surface area contributed by atoms with Gasteiger partial charge in [0.05, 0.1) is 22.7 Å². The Bertz CT molecular complexity index is 1060. The monoisotopic (exact) mass is 455 g/mol. The number of piperazine rings is 1. The molecule has 1 aliphatic rings. The molecule has 1 amide bonds. The van der Waals surface area contributed by atoms with E-state index in [1.807, 2.05) is 13.8 Å². The van der Waals surface area contributed by atoms with Gasteiger partial charge < -0.3 is 5.32 Å². The van der Waals surface area contributed by atoms with E-state index in [9.17, 15) is 26.4 Å². The first kappa shape index (κ1) is 23.2. The van der Waals surface area contributed by atoms with Crippen LogP contribution < -0.4 is 5.32 Å². The number of carbonyl (C=O) groups excluding carboxylic acids is 1. The van der Waals surface area contributed by atoms with Crippen LogP contribution in [0.3, 0.4) is 0 Å². The number of hydrogen-bond acceptors (Lipinski definition) is 4. The molecule has 1 saturated heterocycles. The molecule has 10 heteroatoms. The normalized spacial score (nSPS) is 16.3. The summed E-state index contributed by atoms with van der Waals surface area (Å²) in [5, 5.41) is 2.31. The van der Waals surface area contributed by atoms with Crippen LogP contribution in [0.1, 0.15) is 16.7 Å².